The first-order chi connectivity index (χ1) is 10.4. The molecule has 1 atom stereocenters. The van der Waals surface area contributed by atoms with E-state index in [-0.39, 0.29) is 12.1 Å². The predicted octanol–water partition coefficient (Wildman–Crippen LogP) is 2.84. The summed E-state index contributed by atoms with van der Waals surface area (Å²) in [5.41, 5.74) is -0.701. The maximum Gasteiger partial charge on any atom is 0.416 e. The highest BCUT2D eigenvalue weighted by Crippen LogP contribution is 2.30. The Morgan fingerprint density at radius 1 is 1.32 bits per heavy atom. The second-order valence-electron chi connectivity index (χ2n) is 5.53. The maximum atomic E-state index is 12.6. The second kappa shape index (κ2) is 7.00. The minimum Gasteiger partial charge on any atom is -0.387 e. The van der Waals surface area contributed by atoms with Gasteiger partial charge in [0, 0.05) is 13.1 Å². The van der Waals surface area contributed by atoms with E-state index in [9.17, 15) is 23.1 Å². The Balaban J connectivity index is 1.81. The molecule has 22 heavy (non-hydrogen) atoms. The van der Waals surface area contributed by atoms with Gasteiger partial charge < -0.3 is 15.7 Å². The van der Waals surface area contributed by atoms with Crippen molar-refractivity contribution in [2.75, 3.05) is 13.1 Å². The number of alkyl halides is 3. The highest BCUT2D eigenvalue weighted by molar-refractivity contribution is 5.73. The van der Waals surface area contributed by atoms with Crippen LogP contribution in [-0.4, -0.2) is 24.2 Å². The zero-order valence-electron chi connectivity index (χ0n) is 12.0. The van der Waals surface area contributed by atoms with Gasteiger partial charge in [0.1, 0.15) is 0 Å². The lowest BCUT2D eigenvalue weighted by molar-refractivity contribution is -0.137. The molecule has 0 spiro atoms. The molecule has 0 bridgehead atoms. The molecule has 3 N–H and O–H groups in total. The van der Waals surface area contributed by atoms with Crippen LogP contribution in [0.3, 0.4) is 0 Å². The second-order valence-corrected chi connectivity index (χ2v) is 5.53. The molecule has 1 aliphatic carbocycles. The van der Waals surface area contributed by atoms with Gasteiger partial charge in [-0.1, -0.05) is 18.6 Å². The normalized spacial score (nSPS) is 16.7. The largest absolute Gasteiger partial charge is 0.416 e. The van der Waals surface area contributed by atoms with E-state index in [4.69, 9.17) is 0 Å². The number of urea groups is 1. The van der Waals surface area contributed by atoms with Crippen LogP contribution in [0, 0.1) is 5.92 Å². The molecule has 1 aromatic carbocycles. The van der Waals surface area contributed by atoms with Gasteiger partial charge in [-0.15, -0.1) is 0 Å². The van der Waals surface area contributed by atoms with Crippen molar-refractivity contribution in [3.63, 3.8) is 0 Å². The average molecular weight is 316 g/mol. The number of rotatable bonds is 5. The third-order valence-corrected chi connectivity index (χ3v) is 3.83. The predicted molar refractivity (Wildman–Crippen MR) is 75.1 cm³/mol. The van der Waals surface area contributed by atoms with Crippen LogP contribution < -0.4 is 10.6 Å². The molecule has 7 heteroatoms. The number of carbonyl (C=O) groups excluding carboxylic acids is 1. The fourth-order valence-corrected chi connectivity index (χ4v) is 2.23. The smallest absolute Gasteiger partial charge is 0.387 e. The van der Waals surface area contributed by atoms with Crippen molar-refractivity contribution >= 4 is 6.03 Å². The van der Waals surface area contributed by atoms with E-state index in [0.29, 0.717) is 12.5 Å². The molecule has 1 saturated carbocycles. The van der Waals surface area contributed by atoms with Gasteiger partial charge in [0.05, 0.1) is 11.7 Å². The van der Waals surface area contributed by atoms with E-state index in [2.05, 4.69) is 10.6 Å². The fourth-order valence-electron chi connectivity index (χ4n) is 2.23. The van der Waals surface area contributed by atoms with Gasteiger partial charge in [0.25, 0.3) is 0 Å². The minimum absolute atomic E-state index is 0.120. The summed E-state index contributed by atoms with van der Waals surface area (Å²) >= 11 is 0. The molecule has 2 amide bonds. The molecule has 1 aromatic rings. The van der Waals surface area contributed by atoms with Crippen molar-refractivity contribution in [1.29, 1.82) is 0 Å². The molecular weight excluding hydrogens is 297 g/mol. The standard InChI is InChI=1S/C15H19F3N2O2/c16-15(17,18)12-6-2-5-11(7-12)13(21)9-20-14(22)19-8-10-3-1-4-10/h2,5-7,10,13,21H,1,3-4,8-9H2,(H2,19,20,22)/t13-/m0/s1. The van der Waals surface area contributed by atoms with E-state index >= 15 is 0 Å². The SMILES string of the molecule is O=C(NCC1CCC1)NC[C@H](O)c1cccc(C(F)(F)F)c1. The van der Waals surface area contributed by atoms with Crippen LogP contribution >= 0.6 is 0 Å². The third-order valence-electron chi connectivity index (χ3n) is 3.83. The summed E-state index contributed by atoms with van der Waals surface area (Å²) in [6.45, 7) is 0.448. The maximum absolute atomic E-state index is 12.6. The molecule has 0 saturated heterocycles. The summed E-state index contributed by atoms with van der Waals surface area (Å²) in [4.78, 5) is 11.5. The summed E-state index contributed by atoms with van der Waals surface area (Å²) in [5, 5.41) is 15.0. The number of hydrogen-bond donors (Lipinski definition) is 3. The van der Waals surface area contributed by atoms with Gasteiger partial charge >= 0.3 is 12.2 Å². The number of halogens is 3. The Kier molecular flexibility index (Phi) is 5.28. The Morgan fingerprint density at radius 2 is 2.05 bits per heavy atom. The topological polar surface area (TPSA) is 61.4 Å². The Hall–Kier alpha value is -1.76. The molecule has 0 radical (unpaired) electrons. The molecular formula is C15H19F3N2O2. The molecule has 0 aromatic heterocycles. The van der Waals surface area contributed by atoms with E-state index in [1.807, 2.05) is 0 Å². The molecule has 4 nitrogen and oxygen atoms in total. The van der Waals surface area contributed by atoms with Gasteiger partial charge in [0.15, 0.2) is 0 Å². The van der Waals surface area contributed by atoms with Gasteiger partial charge in [-0.3, -0.25) is 0 Å². The van der Waals surface area contributed by atoms with E-state index < -0.39 is 23.9 Å². The lowest BCUT2D eigenvalue weighted by atomic mass is 9.85. The first-order valence-electron chi connectivity index (χ1n) is 7.23. The van der Waals surface area contributed by atoms with E-state index in [0.717, 1.165) is 25.0 Å². The summed E-state index contributed by atoms with van der Waals surface area (Å²) in [6.07, 6.45) is -2.25. The first-order valence-corrected chi connectivity index (χ1v) is 7.23. The number of carbonyl (C=O) groups is 1. The van der Waals surface area contributed by atoms with Gasteiger partial charge in [-0.25, -0.2) is 4.79 Å². The molecule has 0 aliphatic heterocycles. The van der Waals surface area contributed by atoms with Crippen molar-refractivity contribution in [3.8, 4) is 0 Å². The summed E-state index contributed by atoms with van der Waals surface area (Å²) in [7, 11) is 0. The average Bonchev–Trinajstić information content (AvgIpc) is 2.42. The summed E-state index contributed by atoms with van der Waals surface area (Å²) in [6, 6.07) is 4.04. The number of nitrogens with one attached hydrogen (secondary N) is 2. The van der Waals surface area contributed by atoms with Crippen molar-refractivity contribution < 1.29 is 23.1 Å². The molecule has 0 unspecified atom stereocenters. The number of benzene rings is 1. The van der Waals surface area contributed by atoms with Crippen LogP contribution in [-0.2, 0) is 6.18 Å². The fraction of sp³-hybridized carbons (Fsp3) is 0.533. The number of aliphatic hydroxyl groups is 1. The van der Waals surface area contributed by atoms with Crippen LogP contribution in [0.1, 0.15) is 36.5 Å². The summed E-state index contributed by atoms with van der Waals surface area (Å²) in [5.74, 6) is 0.513. The lowest BCUT2D eigenvalue weighted by Gasteiger charge is -2.25. The van der Waals surface area contributed by atoms with E-state index in [1.165, 1.54) is 18.6 Å². The Bertz CT molecular complexity index is 516. The van der Waals surface area contributed by atoms with Crippen molar-refractivity contribution in [3.05, 3.63) is 35.4 Å². The Morgan fingerprint density at radius 3 is 2.64 bits per heavy atom. The number of hydrogen-bond acceptors (Lipinski definition) is 2. The highest BCUT2D eigenvalue weighted by atomic mass is 19.4. The van der Waals surface area contributed by atoms with Gasteiger partial charge in [-0.05, 0) is 36.5 Å². The van der Waals surface area contributed by atoms with Crippen LogP contribution in [0.2, 0.25) is 0 Å². The zero-order valence-corrected chi connectivity index (χ0v) is 12.0. The van der Waals surface area contributed by atoms with Gasteiger partial charge in [-0.2, -0.15) is 13.2 Å². The van der Waals surface area contributed by atoms with Crippen LogP contribution in [0.25, 0.3) is 0 Å². The molecule has 0 heterocycles. The number of amides is 2. The van der Waals surface area contributed by atoms with Crippen molar-refractivity contribution in [2.24, 2.45) is 5.92 Å². The van der Waals surface area contributed by atoms with Gasteiger partial charge in [0.2, 0.25) is 0 Å². The molecule has 1 fully saturated rings. The highest BCUT2D eigenvalue weighted by Gasteiger charge is 2.30. The number of aliphatic hydroxyl groups excluding tert-OH is 1. The third kappa shape index (κ3) is 4.62. The van der Waals surface area contributed by atoms with Crippen LogP contribution in [0.5, 0.6) is 0 Å². The monoisotopic (exact) mass is 316 g/mol. The molecule has 2 rings (SSSR count). The van der Waals surface area contributed by atoms with E-state index in [1.54, 1.807) is 0 Å². The lowest BCUT2D eigenvalue weighted by Crippen LogP contribution is -2.41. The first kappa shape index (κ1) is 16.6. The van der Waals surface area contributed by atoms with Crippen molar-refractivity contribution in [2.45, 2.75) is 31.5 Å². The Labute approximate surface area is 126 Å². The van der Waals surface area contributed by atoms with Crippen molar-refractivity contribution in [1.82, 2.24) is 10.6 Å². The quantitative estimate of drug-likeness (QED) is 0.782. The molecule has 1 aliphatic rings. The minimum atomic E-state index is -4.46. The van der Waals surface area contributed by atoms with Crippen LogP contribution in [0.4, 0.5) is 18.0 Å². The molecule has 122 valence electrons. The zero-order chi connectivity index (χ0) is 16.2. The summed E-state index contributed by atoms with van der Waals surface area (Å²) < 4.78 is 37.8. The van der Waals surface area contributed by atoms with Crippen LogP contribution in [0.15, 0.2) is 24.3 Å².